The van der Waals surface area contributed by atoms with Gasteiger partial charge >= 0.3 is 6.03 Å². The summed E-state index contributed by atoms with van der Waals surface area (Å²) in [7, 11) is 3.83. The Morgan fingerprint density at radius 2 is 2.11 bits per heavy atom. The quantitative estimate of drug-likeness (QED) is 0.464. The molecule has 0 aromatic heterocycles. The van der Waals surface area contributed by atoms with Crippen molar-refractivity contribution in [3.63, 3.8) is 0 Å². The third-order valence-electron chi connectivity index (χ3n) is 4.57. The van der Waals surface area contributed by atoms with Crippen LogP contribution in [-0.4, -0.2) is 59.5 Å². The van der Waals surface area contributed by atoms with Gasteiger partial charge in [0.2, 0.25) is 5.91 Å². The molecule has 0 unspecified atom stereocenters. The van der Waals surface area contributed by atoms with Gasteiger partial charge in [0, 0.05) is 31.4 Å². The van der Waals surface area contributed by atoms with E-state index < -0.39 is 23.7 Å². The molecule has 5 N–H and O–H groups in total. The van der Waals surface area contributed by atoms with Crippen LogP contribution in [0.25, 0.3) is 0 Å². The maximum Gasteiger partial charge on any atom is 0.315 e. The van der Waals surface area contributed by atoms with E-state index in [0.717, 1.165) is 11.3 Å². The lowest BCUT2D eigenvalue weighted by Gasteiger charge is -2.28. The highest BCUT2D eigenvalue weighted by molar-refractivity contribution is 6.00. The van der Waals surface area contributed by atoms with E-state index in [1.807, 2.05) is 38.1 Å². The van der Waals surface area contributed by atoms with Crippen molar-refractivity contribution < 1.29 is 19.8 Å². The Bertz CT molecular complexity index is 665. The molecule has 8 heteroatoms. The molecule has 27 heavy (non-hydrogen) atoms. The van der Waals surface area contributed by atoms with Gasteiger partial charge in [-0.25, -0.2) is 4.79 Å². The molecule has 1 heterocycles. The summed E-state index contributed by atoms with van der Waals surface area (Å²) in [6.07, 6.45) is 0.316. The number of aliphatic hydroxyl groups is 2. The molecule has 2 atom stereocenters. The fraction of sp³-hybridized carbons (Fsp3) is 0.526. The van der Waals surface area contributed by atoms with Crippen molar-refractivity contribution >= 4 is 17.6 Å². The van der Waals surface area contributed by atoms with E-state index in [4.69, 9.17) is 5.11 Å². The van der Waals surface area contributed by atoms with Crippen LogP contribution in [0.2, 0.25) is 0 Å². The second-order valence-electron chi connectivity index (χ2n) is 7.41. The molecule has 0 saturated carbocycles. The van der Waals surface area contributed by atoms with Crippen LogP contribution in [0.3, 0.4) is 0 Å². The number of benzene rings is 1. The maximum absolute atomic E-state index is 12.6. The molecule has 0 bridgehead atoms. The first-order valence-electron chi connectivity index (χ1n) is 9.04. The summed E-state index contributed by atoms with van der Waals surface area (Å²) < 4.78 is 0. The van der Waals surface area contributed by atoms with Crippen molar-refractivity contribution in [2.45, 2.75) is 44.4 Å². The maximum atomic E-state index is 12.6. The van der Waals surface area contributed by atoms with Gasteiger partial charge in [-0.05, 0) is 38.3 Å². The lowest BCUT2D eigenvalue weighted by molar-refractivity contribution is -0.119. The number of rotatable bonds is 7. The fourth-order valence-electron chi connectivity index (χ4n) is 2.88. The highest BCUT2D eigenvalue weighted by Crippen LogP contribution is 2.26. The third-order valence-corrected chi connectivity index (χ3v) is 4.57. The molecule has 1 aromatic rings. The summed E-state index contributed by atoms with van der Waals surface area (Å²) in [5.74, 6) is -0.251. The molecule has 2 rings (SSSR count). The fourth-order valence-corrected chi connectivity index (χ4v) is 2.88. The van der Waals surface area contributed by atoms with Crippen LogP contribution >= 0.6 is 0 Å². The van der Waals surface area contributed by atoms with Crippen LogP contribution in [0, 0.1) is 7.05 Å². The summed E-state index contributed by atoms with van der Waals surface area (Å²) in [5.41, 5.74) is 1.30. The minimum Gasteiger partial charge on any atom is -0.394 e. The number of amides is 3. The lowest BCUT2D eigenvalue weighted by atomic mass is 10.1. The average molecular weight is 377 g/mol. The van der Waals surface area contributed by atoms with E-state index in [1.54, 1.807) is 0 Å². The van der Waals surface area contributed by atoms with Crippen molar-refractivity contribution in [3.05, 3.63) is 36.9 Å². The van der Waals surface area contributed by atoms with Crippen LogP contribution in [0.4, 0.5) is 10.5 Å². The SMILES string of the molecule is [CH2]N1C(=O)[C@H](NC(=O)NCC(C)(C)NC[C@H](O)CO)CCc2ccccc21. The van der Waals surface area contributed by atoms with Gasteiger partial charge in [-0.3, -0.25) is 4.79 Å². The van der Waals surface area contributed by atoms with Crippen LogP contribution in [0.5, 0.6) is 0 Å². The van der Waals surface area contributed by atoms with Crippen LogP contribution < -0.4 is 20.9 Å². The van der Waals surface area contributed by atoms with E-state index in [-0.39, 0.29) is 25.6 Å². The third kappa shape index (κ3) is 5.92. The van der Waals surface area contributed by atoms with Gasteiger partial charge < -0.3 is 31.1 Å². The molecule has 149 valence electrons. The van der Waals surface area contributed by atoms with E-state index in [0.29, 0.717) is 12.8 Å². The Balaban J connectivity index is 1.88. The lowest BCUT2D eigenvalue weighted by Crippen LogP contribution is -2.55. The first-order chi connectivity index (χ1) is 12.7. The van der Waals surface area contributed by atoms with Crippen LogP contribution in [0.1, 0.15) is 25.8 Å². The van der Waals surface area contributed by atoms with Gasteiger partial charge in [0.25, 0.3) is 0 Å². The molecule has 0 aliphatic carbocycles. The van der Waals surface area contributed by atoms with Gasteiger partial charge in [-0.2, -0.15) is 0 Å². The number of hydrogen-bond acceptors (Lipinski definition) is 5. The number of anilines is 1. The molecule has 1 aliphatic heterocycles. The van der Waals surface area contributed by atoms with Gasteiger partial charge in [-0.15, -0.1) is 0 Å². The van der Waals surface area contributed by atoms with Crippen LogP contribution in [-0.2, 0) is 11.2 Å². The zero-order valence-electron chi connectivity index (χ0n) is 15.9. The molecular formula is C19H29N4O4. The Morgan fingerprint density at radius 3 is 2.81 bits per heavy atom. The zero-order chi connectivity index (χ0) is 20.0. The zero-order valence-corrected chi connectivity index (χ0v) is 15.9. The molecule has 1 aliphatic rings. The summed E-state index contributed by atoms with van der Waals surface area (Å²) in [4.78, 5) is 26.2. The highest BCUT2D eigenvalue weighted by Gasteiger charge is 2.29. The highest BCUT2D eigenvalue weighted by atomic mass is 16.3. The molecule has 0 saturated heterocycles. The number of aryl methyl sites for hydroxylation is 1. The number of aliphatic hydroxyl groups excluding tert-OH is 2. The van der Waals surface area contributed by atoms with Crippen molar-refractivity contribution in [3.8, 4) is 0 Å². The first-order valence-corrected chi connectivity index (χ1v) is 9.04. The van der Waals surface area contributed by atoms with E-state index >= 15 is 0 Å². The standard InChI is InChI=1S/C19H29N4O4/c1-19(2,21-10-14(25)11-24)12-20-18(27)22-15-9-8-13-6-4-5-7-16(13)23(3)17(15)26/h4-7,14-15,21,24-25H,3,8-12H2,1-2H3,(H2,20,22,27)/t14-,15+/m0/s1. The largest absolute Gasteiger partial charge is 0.394 e. The molecule has 3 amide bonds. The molecule has 0 spiro atoms. The normalized spacial score (nSPS) is 18.5. The molecule has 1 radical (unpaired) electrons. The number of fused-ring (bicyclic) bond motifs is 1. The van der Waals surface area contributed by atoms with Gasteiger partial charge in [0.1, 0.15) is 6.04 Å². The smallest absolute Gasteiger partial charge is 0.315 e. The van der Waals surface area contributed by atoms with Crippen LogP contribution in [0.15, 0.2) is 24.3 Å². The summed E-state index contributed by atoms with van der Waals surface area (Å²) in [5, 5.41) is 26.8. The minimum atomic E-state index is -0.855. The van der Waals surface area contributed by atoms with Crippen molar-refractivity contribution in [1.29, 1.82) is 0 Å². The number of β-amino-alcohol motifs (C(OH)–C–C–N with tert-alkyl or cyclic N) is 1. The Kier molecular flexibility index (Phi) is 7.18. The summed E-state index contributed by atoms with van der Waals surface area (Å²) in [6, 6.07) is 6.48. The Morgan fingerprint density at radius 1 is 1.41 bits per heavy atom. The van der Waals surface area contributed by atoms with E-state index in [2.05, 4.69) is 23.0 Å². The predicted octanol–water partition coefficient (Wildman–Crippen LogP) is 0.147. The Hall–Kier alpha value is -2.16. The number of nitrogens with zero attached hydrogens (tertiary/aromatic N) is 1. The minimum absolute atomic E-state index is 0.211. The van der Waals surface area contributed by atoms with Gasteiger partial charge in [0.05, 0.1) is 12.7 Å². The summed E-state index contributed by atoms with van der Waals surface area (Å²) >= 11 is 0. The van der Waals surface area contributed by atoms with Gasteiger partial charge in [0.15, 0.2) is 0 Å². The second-order valence-corrected chi connectivity index (χ2v) is 7.41. The number of nitrogens with one attached hydrogen (secondary N) is 3. The number of carbonyl (C=O) groups is 2. The van der Waals surface area contributed by atoms with Gasteiger partial charge in [-0.1, -0.05) is 18.2 Å². The molecule has 8 nitrogen and oxygen atoms in total. The van der Waals surface area contributed by atoms with Crippen molar-refractivity contribution in [1.82, 2.24) is 16.0 Å². The number of carbonyl (C=O) groups excluding carboxylic acids is 2. The topological polar surface area (TPSA) is 114 Å². The number of urea groups is 1. The first kappa shape index (κ1) is 21.1. The average Bonchev–Trinajstić information content (AvgIpc) is 2.77. The van der Waals surface area contributed by atoms with Crippen molar-refractivity contribution in [2.24, 2.45) is 0 Å². The summed E-state index contributed by atoms with van der Waals surface area (Å²) in [6.45, 7) is 3.89. The molecular weight excluding hydrogens is 348 g/mol. The molecule has 0 fully saturated rings. The van der Waals surface area contributed by atoms with E-state index in [9.17, 15) is 14.7 Å². The monoisotopic (exact) mass is 377 g/mol. The predicted molar refractivity (Wildman–Crippen MR) is 103 cm³/mol. The van der Waals surface area contributed by atoms with E-state index in [1.165, 1.54) is 4.90 Å². The molecule has 1 aromatic carbocycles. The number of para-hydroxylation sites is 1. The second kappa shape index (κ2) is 9.16. The Labute approximate surface area is 159 Å². The van der Waals surface area contributed by atoms with Crippen molar-refractivity contribution in [2.75, 3.05) is 24.6 Å². The number of hydrogen-bond donors (Lipinski definition) is 5.